The standard InChI is InChI=1S/C26H22N2O2/c29-24(18-22-14-7-13-20-15-8-16-27-25(20)22)23(17-19-9-3-1-4-10-19)28-26(30)21-11-5-2-6-12-21/h1-16,23H,17-18H2,(H,28,30). The minimum atomic E-state index is -0.626. The number of rotatable bonds is 7. The first-order valence-electron chi connectivity index (χ1n) is 9.96. The minimum Gasteiger partial charge on any atom is -0.342 e. The molecular formula is C26H22N2O2. The number of carbonyl (C=O) groups is 2. The lowest BCUT2D eigenvalue weighted by Crippen LogP contribution is -2.43. The fraction of sp³-hybridized carbons (Fsp3) is 0.115. The van der Waals surface area contributed by atoms with Crippen LogP contribution in [-0.4, -0.2) is 22.7 Å². The first kappa shape index (κ1) is 19.5. The fourth-order valence-corrected chi connectivity index (χ4v) is 3.55. The summed E-state index contributed by atoms with van der Waals surface area (Å²) in [6.45, 7) is 0. The molecular weight excluding hydrogens is 372 g/mol. The van der Waals surface area contributed by atoms with Gasteiger partial charge in [-0.1, -0.05) is 72.8 Å². The molecule has 1 aromatic heterocycles. The van der Waals surface area contributed by atoms with Crippen molar-refractivity contribution in [1.29, 1.82) is 0 Å². The molecule has 0 aliphatic rings. The number of pyridine rings is 1. The van der Waals surface area contributed by atoms with E-state index in [9.17, 15) is 9.59 Å². The molecule has 0 saturated carbocycles. The molecule has 3 aromatic carbocycles. The summed E-state index contributed by atoms with van der Waals surface area (Å²) in [5.41, 5.74) is 3.22. The van der Waals surface area contributed by atoms with Gasteiger partial charge in [0.1, 0.15) is 0 Å². The Morgan fingerprint density at radius 2 is 1.50 bits per heavy atom. The predicted molar refractivity (Wildman–Crippen MR) is 118 cm³/mol. The summed E-state index contributed by atoms with van der Waals surface area (Å²) in [7, 11) is 0. The zero-order valence-corrected chi connectivity index (χ0v) is 16.5. The second kappa shape index (κ2) is 9.14. The molecule has 4 heteroatoms. The van der Waals surface area contributed by atoms with Crippen LogP contribution in [0.2, 0.25) is 0 Å². The molecule has 0 aliphatic heterocycles. The van der Waals surface area contributed by atoms with E-state index < -0.39 is 6.04 Å². The first-order valence-corrected chi connectivity index (χ1v) is 9.96. The zero-order chi connectivity index (χ0) is 20.8. The lowest BCUT2D eigenvalue weighted by molar-refractivity contribution is -0.120. The van der Waals surface area contributed by atoms with Crippen molar-refractivity contribution in [2.75, 3.05) is 0 Å². The van der Waals surface area contributed by atoms with Gasteiger partial charge in [0.25, 0.3) is 5.91 Å². The number of nitrogens with one attached hydrogen (secondary N) is 1. The minimum absolute atomic E-state index is 0.0405. The quantitative estimate of drug-likeness (QED) is 0.506. The number of benzene rings is 3. The van der Waals surface area contributed by atoms with Gasteiger partial charge in [0, 0.05) is 23.6 Å². The van der Waals surface area contributed by atoms with E-state index in [0.717, 1.165) is 22.0 Å². The molecule has 1 amide bonds. The molecule has 0 bridgehead atoms. The second-order valence-corrected chi connectivity index (χ2v) is 7.22. The number of nitrogens with zero attached hydrogens (tertiary/aromatic N) is 1. The van der Waals surface area contributed by atoms with Gasteiger partial charge in [-0.15, -0.1) is 0 Å². The molecule has 1 N–H and O–H groups in total. The molecule has 0 saturated heterocycles. The van der Waals surface area contributed by atoms with Gasteiger partial charge < -0.3 is 5.32 Å². The predicted octanol–water partition coefficient (Wildman–Crippen LogP) is 4.39. The highest BCUT2D eigenvalue weighted by molar-refractivity contribution is 5.99. The van der Waals surface area contributed by atoms with Crippen LogP contribution in [0.4, 0.5) is 0 Å². The number of carbonyl (C=O) groups excluding carboxylic acids is 2. The third kappa shape index (κ3) is 4.61. The molecule has 30 heavy (non-hydrogen) atoms. The van der Waals surface area contributed by atoms with E-state index in [1.165, 1.54) is 0 Å². The Labute approximate surface area is 175 Å². The number of aromatic nitrogens is 1. The highest BCUT2D eigenvalue weighted by Gasteiger charge is 2.23. The van der Waals surface area contributed by atoms with Crippen LogP contribution in [0.3, 0.4) is 0 Å². The summed E-state index contributed by atoms with van der Waals surface area (Å²) < 4.78 is 0. The summed E-state index contributed by atoms with van der Waals surface area (Å²) in [5, 5.41) is 3.94. The summed E-state index contributed by atoms with van der Waals surface area (Å²) >= 11 is 0. The number of fused-ring (bicyclic) bond motifs is 1. The molecule has 148 valence electrons. The average molecular weight is 394 g/mol. The average Bonchev–Trinajstić information content (AvgIpc) is 2.80. The van der Waals surface area contributed by atoms with Gasteiger partial charge in [0.2, 0.25) is 0 Å². The topological polar surface area (TPSA) is 59.1 Å². The summed E-state index contributed by atoms with van der Waals surface area (Å²) in [6, 6.07) is 27.8. The van der Waals surface area contributed by atoms with E-state index in [1.54, 1.807) is 18.3 Å². The lowest BCUT2D eigenvalue weighted by Gasteiger charge is -2.18. The van der Waals surface area contributed by atoms with Crippen molar-refractivity contribution in [3.8, 4) is 0 Å². The van der Waals surface area contributed by atoms with Gasteiger partial charge in [0.15, 0.2) is 5.78 Å². The first-order chi connectivity index (χ1) is 14.7. The molecule has 0 aliphatic carbocycles. The summed E-state index contributed by atoms with van der Waals surface area (Å²) in [4.78, 5) is 30.5. The lowest BCUT2D eigenvalue weighted by atomic mass is 9.96. The van der Waals surface area contributed by atoms with Gasteiger partial charge in [0.05, 0.1) is 11.6 Å². The molecule has 0 radical (unpaired) electrons. The number of hydrogen-bond acceptors (Lipinski definition) is 3. The Balaban J connectivity index is 1.59. The fourth-order valence-electron chi connectivity index (χ4n) is 3.55. The van der Waals surface area contributed by atoms with Gasteiger partial charge in [-0.05, 0) is 35.7 Å². The Hall–Kier alpha value is -3.79. The van der Waals surface area contributed by atoms with Gasteiger partial charge >= 0.3 is 0 Å². The summed E-state index contributed by atoms with van der Waals surface area (Å²) in [6.07, 6.45) is 2.38. The van der Waals surface area contributed by atoms with Crippen LogP contribution in [0, 0.1) is 0 Å². The van der Waals surface area contributed by atoms with Crippen molar-refractivity contribution in [1.82, 2.24) is 10.3 Å². The molecule has 0 spiro atoms. The molecule has 4 rings (SSSR count). The van der Waals surface area contributed by atoms with Crippen LogP contribution < -0.4 is 5.32 Å². The Kier molecular flexibility index (Phi) is 5.95. The molecule has 1 atom stereocenters. The Morgan fingerprint density at radius 1 is 0.800 bits per heavy atom. The van der Waals surface area contributed by atoms with Gasteiger partial charge in [-0.25, -0.2) is 0 Å². The number of ketones is 1. The van der Waals surface area contributed by atoms with E-state index >= 15 is 0 Å². The maximum atomic E-state index is 13.3. The Bertz CT molecular complexity index is 1150. The SMILES string of the molecule is O=C(NC(Cc1ccccc1)C(=O)Cc1cccc2cccnc12)c1ccccc1. The normalized spacial score (nSPS) is 11.7. The van der Waals surface area contributed by atoms with Crippen molar-refractivity contribution < 1.29 is 9.59 Å². The molecule has 0 fully saturated rings. The highest BCUT2D eigenvalue weighted by atomic mass is 16.2. The molecule has 4 aromatic rings. The van der Waals surface area contributed by atoms with E-state index in [-0.39, 0.29) is 18.1 Å². The monoisotopic (exact) mass is 394 g/mol. The summed E-state index contributed by atoms with van der Waals surface area (Å²) in [5.74, 6) is -0.290. The van der Waals surface area contributed by atoms with Gasteiger partial charge in [-0.2, -0.15) is 0 Å². The molecule has 1 unspecified atom stereocenters. The maximum absolute atomic E-state index is 13.3. The van der Waals surface area contributed by atoms with Gasteiger partial charge in [-0.3, -0.25) is 14.6 Å². The van der Waals surface area contributed by atoms with Crippen molar-refractivity contribution in [2.24, 2.45) is 0 Å². The number of hydrogen-bond donors (Lipinski definition) is 1. The number of para-hydroxylation sites is 1. The maximum Gasteiger partial charge on any atom is 0.251 e. The largest absolute Gasteiger partial charge is 0.342 e. The Morgan fingerprint density at radius 3 is 2.27 bits per heavy atom. The van der Waals surface area contributed by atoms with E-state index in [4.69, 9.17) is 0 Å². The smallest absolute Gasteiger partial charge is 0.251 e. The molecule has 4 nitrogen and oxygen atoms in total. The van der Waals surface area contributed by atoms with E-state index in [1.807, 2.05) is 78.9 Å². The van der Waals surface area contributed by atoms with Crippen molar-refractivity contribution in [3.05, 3.63) is 114 Å². The van der Waals surface area contributed by atoms with Crippen LogP contribution >= 0.6 is 0 Å². The van der Waals surface area contributed by atoms with Crippen LogP contribution in [0.25, 0.3) is 10.9 Å². The second-order valence-electron chi connectivity index (χ2n) is 7.22. The highest BCUT2D eigenvalue weighted by Crippen LogP contribution is 2.18. The van der Waals surface area contributed by atoms with Crippen molar-refractivity contribution in [3.63, 3.8) is 0 Å². The van der Waals surface area contributed by atoms with Crippen LogP contribution in [0.15, 0.2) is 97.2 Å². The third-order valence-electron chi connectivity index (χ3n) is 5.09. The molecule has 1 heterocycles. The number of amides is 1. The third-order valence-corrected chi connectivity index (χ3v) is 5.09. The van der Waals surface area contributed by atoms with Crippen LogP contribution in [-0.2, 0) is 17.6 Å². The van der Waals surface area contributed by atoms with Crippen molar-refractivity contribution in [2.45, 2.75) is 18.9 Å². The van der Waals surface area contributed by atoms with E-state index in [2.05, 4.69) is 10.3 Å². The van der Waals surface area contributed by atoms with Crippen LogP contribution in [0.5, 0.6) is 0 Å². The zero-order valence-electron chi connectivity index (χ0n) is 16.5. The number of Topliss-reactive ketones (excluding diaryl/α,β-unsaturated/α-hetero) is 1. The van der Waals surface area contributed by atoms with Crippen molar-refractivity contribution >= 4 is 22.6 Å². The van der Waals surface area contributed by atoms with E-state index in [0.29, 0.717) is 12.0 Å². The van der Waals surface area contributed by atoms with Crippen LogP contribution in [0.1, 0.15) is 21.5 Å².